The van der Waals surface area contributed by atoms with Crippen molar-refractivity contribution in [2.24, 2.45) is 5.92 Å². The van der Waals surface area contributed by atoms with Crippen LogP contribution >= 0.6 is 35.0 Å². The van der Waals surface area contributed by atoms with Gasteiger partial charge in [0.2, 0.25) is 0 Å². The number of anilines is 1. The Morgan fingerprint density at radius 2 is 1.91 bits per heavy atom. The zero-order valence-electron chi connectivity index (χ0n) is 12.7. The van der Waals surface area contributed by atoms with Crippen molar-refractivity contribution in [3.8, 4) is 0 Å². The first-order valence-corrected chi connectivity index (χ1v) is 9.71. The van der Waals surface area contributed by atoms with Gasteiger partial charge in [0.25, 0.3) is 0 Å². The number of halogens is 2. The topological polar surface area (TPSA) is 12.0 Å². The Balaban J connectivity index is 1.78. The fourth-order valence-electron chi connectivity index (χ4n) is 3.76. The van der Waals surface area contributed by atoms with E-state index in [0.717, 1.165) is 12.1 Å². The number of hydrogen-bond donors (Lipinski definition) is 1. The first-order valence-electron chi connectivity index (χ1n) is 7.73. The van der Waals surface area contributed by atoms with Crippen LogP contribution in [0.2, 0.25) is 10.0 Å². The van der Waals surface area contributed by atoms with Crippen LogP contribution in [0.15, 0.2) is 53.4 Å². The minimum absolute atomic E-state index is 0.275. The lowest BCUT2D eigenvalue weighted by Gasteiger charge is -2.38. The van der Waals surface area contributed by atoms with Crippen LogP contribution in [0.4, 0.5) is 5.69 Å². The highest BCUT2D eigenvalue weighted by Crippen LogP contribution is 2.52. The van der Waals surface area contributed by atoms with Gasteiger partial charge in [-0.05, 0) is 54.0 Å². The second kappa shape index (κ2) is 6.08. The smallest absolute Gasteiger partial charge is 0.0655 e. The van der Waals surface area contributed by atoms with E-state index in [0.29, 0.717) is 21.9 Å². The summed E-state index contributed by atoms with van der Waals surface area (Å²) in [7, 11) is 0. The Hall–Kier alpha value is -1.09. The van der Waals surface area contributed by atoms with Crippen LogP contribution in [0.5, 0.6) is 0 Å². The van der Waals surface area contributed by atoms with Gasteiger partial charge in [-0.3, -0.25) is 0 Å². The van der Waals surface area contributed by atoms with Gasteiger partial charge >= 0.3 is 0 Å². The van der Waals surface area contributed by atoms with Gasteiger partial charge in [-0.2, -0.15) is 0 Å². The summed E-state index contributed by atoms with van der Waals surface area (Å²) in [5.41, 5.74) is 3.57. The lowest BCUT2D eigenvalue weighted by Crippen LogP contribution is -2.29. The number of benzene rings is 2. The van der Waals surface area contributed by atoms with Crippen molar-refractivity contribution in [3.63, 3.8) is 0 Å². The van der Waals surface area contributed by atoms with E-state index in [4.69, 9.17) is 23.2 Å². The molecule has 4 heteroatoms. The number of thioether (sulfide) groups is 1. The minimum Gasteiger partial charge on any atom is -0.376 e. The Labute approximate surface area is 151 Å². The molecule has 1 N–H and O–H groups in total. The van der Waals surface area contributed by atoms with Gasteiger partial charge in [0.15, 0.2) is 0 Å². The average Bonchev–Trinajstić information content (AvgIpc) is 3.04. The molecule has 2 aliphatic rings. The molecule has 3 atom stereocenters. The molecule has 3 unspecified atom stereocenters. The molecule has 2 aromatic carbocycles. The lowest BCUT2D eigenvalue weighted by atomic mass is 9.77. The number of nitrogens with one attached hydrogen (secondary N) is 1. The third-order valence-corrected chi connectivity index (χ3v) is 6.12. The summed E-state index contributed by atoms with van der Waals surface area (Å²) in [6.07, 6.45) is 7.77. The summed E-state index contributed by atoms with van der Waals surface area (Å²) in [6.45, 7) is 0. The normalized spacial score (nSPS) is 24.9. The van der Waals surface area contributed by atoms with E-state index in [9.17, 15) is 0 Å². The van der Waals surface area contributed by atoms with E-state index < -0.39 is 0 Å². The van der Waals surface area contributed by atoms with Gasteiger partial charge in [0.1, 0.15) is 0 Å². The molecule has 0 bridgehead atoms. The highest BCUT2D eigenvalue weighted by atomic mass is 35.5. The quantitative estimate of drug-likeness (QED) is 0.481. The summed E-state index contributed by atoms with van der Waals surface area (Å²) in [4.78, 5) is 1.29. The molecule has 23 heavy (non-hydrogen) atoms. The van der Waals surface area contributed by atoms with Gasteiger partial charge in [-0.25, -0.2) is 0 Å². The van der Waals surface area contributed by atoms with Crippen molar-refractivity contribution in [1.82, 2.24) is 0 Å². The summed E-state index contributed by atoms with van der Waals surface area (Å²) in [5.74, 6) is 0.893. The monoisotopic (exact) mass is 361 g/mol. The van der Waals surface area contributed by atoms with E-state index in [1.807, 2.05) is 6.07 Å². The molecule has 0 amide bonds. The predicted molar refractivity (Wildman–Crippen MR) is 101 cm³/mol. The van der Waals surface area contributed by atoms with Crippen LogP contribution in [0.25, 0.3) is 0 Å². The molecule has 0 aromatic heterocycles. The van der Waals surface area contributed by atoms with E-state index in [-0.39, 0.29) is 6.04 Å². The lowest BCUT2D eigenvalue weighted by molar-refractivity contribution is 0.425. The van der Waals surface area contributed by atoms with E-state index in [1.54, 1.807) is 11.8 Å². The summed E-state index contributed by atoms with van der Waals surface area (Å²) >= 11 is 14.5. The largest absolute Gasteiger partial charge is 0.376 e. The maximum Gasteiger partial charge on any atom is 0.0655 e. The molecule has 118 valence electrons. The molecule has 1 aliphatic heterocycles. The molecule has 0 saturated carbocycles. The van der Waals surface area contributed by atoms with Gasteiger partial charge in [-0.15, -0.1) is 11.8 Å². The molecule has 0 radical (unpaired) electrons. The van der Waals surface area contributed by atoms with Crippen LogP contribution in [0.1, 0.15) is 29.5 Å². The second-order valence-electron chi connectivity index (χ2n) is 6.10. The summed E-state index contributed by atoms with van der Waals surface area (Å²) in [5, 5.41) is 5.09. The summed E-state index contributed by atoms with van der Waals surface area (Å²) < 4.78 is 0. The first-order chi connectivity index (χ1) is 11.2. The minimum atomic E-state index is 0.275. The Bertz CT molecular complexity index is 770. The Kier molecular flexibility index (Phi) is 4.08. The highest BCUT2D eigenvalue weighted by Gasteiger charge is 2.38. The maximum atomic E-state index is 6.46. The first kappa shape index (κ1) is 15.4. The van der Waals surface area contributed by atoms with Crippen LogP contribution in [0.3, 0.4) is 0 Å². The third-order valence-electron chi connectivity index (χ3n) is 4.86. The molecule has 4 rings (SSSR count). The van der Waals surface area contributed by atoms with Crippen LogP contribution < -0.4 is 5.32 Å². The van der Waals surface area contributed by atoms with Crippen molar-refractivity contribution in [2.45, 2.75) is 23.3 Å². The third kappa shape index (κ3) is 2.67. The van der Waals surface area contributed by atoms with Gasteiger partial charge in [0.05, 0.1) is 16.8 Å². The van der Waals surface area contributed by atoms with Gasteiger partial charge in [-0.1, -0.05) is 47.5 Å². The second-order valence-corrected chi connectivity index (χ2v) is 7.82. The predicted octanol–water partition coefficient (Wildman–Crippen LogP) is 6.54. The van der Waals surface area contributed by atoms with Crippen molar-refractivity contribution in [1.29, 1.82) is 0 Å². The molecule has 0 spiro atoms. The number of rotatable bonds is 2. The number of fused-ring (bicyclic) bond motifs is 3. The van der Waals surface area contributed by atoms with E-state index in [2.05, 4.69) is 54.1 Å². The van der Waals surface area contributed by atoms with Gasteiger partial charge < -0.3 is 5.32 Å². The number of allylic oxidation sites excluding steroid dienone is 2. The van der Waals surface area contributed by atoms with Crippen molar-refractivity contribution in [2.75, 3.05) is 11.6 Å². The molecule has 2 aromatic rings. The van der Waals surface area contributed by atoms with E-state index >= 15 is 0 Å². The van der Waals surface area contributed by atoms with E-state index in [1.165, 1.54) is 16.0 Å². The standard InChI is InChI=1S/C19H17Cl2NS/c1-23-13-7-5-11(6-8-13)18-15-4-2-3-14(15)16-9-12(20)10-17(21)19(16)22-18/h2-3,5-10,14-15,18,22H,4H2,1H3. The van der Waals surface area contributed by atoms with Gasteiger partial charge in [0, 0.05) is 15.8 Å². The SMILES string of the molecule is CSc1ccc(C2Nc3c(Cl)cc(Cl)cc3C3C=CCC32)cc1. The zero-order valence-corrected chi connectivity index (χ0v) is 15.1. The average molecular weight is 362 g/mol. The summed E-state index contributed by atoms with van der Waals surface area (Å²) in [6, 6.07) is 13.0. The fourth-order valence-corrected chi connectivity index (χ4v) is 4.73. The van der Waals surface area contributed by atoms with Crippen LogP contribution in [-0.4, -0.2) is 6.26 Å². The van der Waals surface area contributed by atoms with Crippen molar-refractivity contribution >= 4 is 40.7 Å². The molecule has 1 aliphatic carbocycles. The molecular formula is C19H17Cl2NS. The van der Waals surface area contributed by atoms with Crippen LogP contribution in [0, 0.1) is 5.92 Å². The molecule has 1 nitrogen and oxygen atoms in total. The number of hydrogen-bond acceptors (Lipinski definition) is 2. The maximum absolute atomic E-state index is 6.46. The zero-order chi connectivity index (χ0) is 16.0. The Morgan fingerprint density at radius 3 is 2.65 bits per heavy atom. The van der Waals surface area contributed by atoms with Crippen LogP contribution in [-0.2, 0) is 0 Å². The molecular weight excluding hydrogens is 345 g/mol. The van der Waals surface area contributed by atoms with Crippen molar-refractivity contribution < 1.29 is 0 Å². The molecule has 1 heterocycles. The molecule has 0 fully saturated rings. The molecule has 0 saturated heterocycles. The Morgan fingerprint density at radius 1 is 1.13 bits per heavy atom. The fraction of sp³-hybridized carbons (Fsp3) is 0.263. The van der Waals surface area contributed by atoms with Crippen molar-refractivity contribution in [3.05, 3.63) is 69.7 Å². The highest BCUT2D eigenvalue weighted by molar-refractivity contribution is 7.98.